The van der Waals surface area contributed by atoms with Crippen LogP contribution in [0.15, 0.2) is 35.3 Å². The topological polar surface area (TPSA) is 57.2 Å². The average Bonchev–Trinajstić information content (AvgIpc) is 3.48. The van der Waals surface area contributed by atoms with Gasteiger partial charge in [-0.25, -0.2) is 0 Å². The molecule has 166 valence electrons. The lowest BCUT2D eigenvalue weighted by Gasteiger charge is -2.38. The van der Waals surface area contributed by atoms with Crippen LogP contribution in [-0.2, 0) is 14.9 Å². The predicted molar refractivity (Wildman–Crippen MR) is 130 cm³/mol. The molecular formula is C23H35IN4O2. The van der Waals surface area contributed by atoms with Crippen LogP contribution in [0.2, 0.25) is 0 Å². The first-order chi connectivity index (χ1) is 14.2. The van der Waals surface area contributed by atoms with Crippen LogP contribution in [0.5, 0.6) is 0 Å². The number of carbonyl (C=O) groups is 1. The second kappa shape index (κ2) is 10.8. The van der Waals surface area contributed by atoms with Gasteiger partial charge in [-0.05, 0) is 31.2 Å². The van der Waals surface area contributed by atoms with Crippen molar-refractivity contribution in [3.63, 3.8) is 0 Å². The maximum atomic E-state index is 12.6. The molecule has 6 nitrogen and oxygen atoms in total. The minimum atomic E-state index is -0.216. The van der Waals surface area contributed by atoms with E-state index in [2.05, 4.69) is 45.5 Å². The second-order valence-electron chi connectivity index (χ2n) is 8.57. The molecular weight excluding hydrogens is 491 g/mol. The lowest BCUT2D eigenvalue weighted by Crippen LogP contribution is -2.56. The summed E-state index contributed by atoms with van der Waals surface area (Å²) in [6.07, 6.45) is 6.68. The van der Waals surface area contributed by atoms with E-state index in [1.54, 1.807) is 0 Å². The second-order valence-corrected chi connectivity index (χ2v) is 8.57. The number of amides is 1. The fourth-order valence-corrected chi connectivity index (χ4v) is 5.11. The lowest BCUT2D eigenvalue weighted by atomic mass is 9.79. The molecule has 2 heterocycles. The van der Waals surface area contributed by atoms with E-state index in [4.69, 9.17) is 4.74 Å². The molecule has 0 bridgehead atoms. The van der Waals surface area contributed by atoms with E-state index in [0.717, 1.165) is 58.1 Å². The smallest absolute Gasteiger partial charge is 0.251 e. The van der Waals surface area contributed by atoms with Crippen LogP contribution in [0.4, 0.5) is 0 Å². The van der Waals surface area contributed by atoms with Gasteiger partial charge in [-0.15, -0.1) is 24.0 Å². The molecule has 1 aromatic rings. The number of carbonyl (C=O) groups excluding carboxylic acids is 1. The quantitative estimate of drug-likeness (QED) is 0.373. The van der Waals surface area contributed by atoms with Gasteiger partial charge in [0, 0.05) is 51.8 Å². The summed E-state index contributed by atoms with van der Waals surface area (Å²) in [4.78, 5) is 21.4. The molecule has 2 saturated heterocycles. The first-order valence-corrected chi connectivity index (χ1v) is 11.1. The third-order valence-electron chi connectivity index (χ3n) is 6.84. The van der Waals surface area contributed by atoms with Crippen LogP contribution in [0.25, 0.3) is 0 Å². The van der Waals surface area contributed by atoms with Crippen LogP contribution in [0, 0.1) is 0 Å². The minimum Gasteiger partial charge on any atom is -0.368 e. The number of guanidine groups is 1. The molecule has 1 amide bonds. The summed E-state index contributed by atoms with van der Waals surface area (Å²) in [7, 11) is 1.86. The zero-order valence-corrected chi connectivity index (χ0v) is 20.3. The molecule has 3 aliphatic rings. The lowest BCUT2D eigenvalue weighted by molar-refractivity contribution is -0.142. The summed E-state index contributed by atoms with van der Waals surface area (Å²) in [5, 5.41) is 3.67. The summed E-state index contributed by atoms with van der Waals surface area (Å²) >= 11 is 0. The van der Waals surface area contributed by atoms with Crippen molar-refractivity contribution in [2.24, 2.45) is 4.99 Å². The first kappa shape index (κ1) is 23.3. The monoisotopic (exact) mass is 526 g/mol. The van der Waals surface area contributed by atoms with Gasteiger partial charge < -0.3 is 19.9 Å². The maximum Gasteiger partial charge on any atom is 0.251 e. The normalized spacial score (nSPS) is 23.9. The zero-order chi connectivity index (χ0) is 20.1. The van der Waals surface area contributed by atoms with Crippen LogP contribution in [0.3, 0.4) is 0 Å². The molecule has 7 heteroatoms. The fraction of sp³-hybridized carbons (Fsp3) is 0.652. The molecule has 30 heavy (non-hydrogen) atoms. The van der Waals surface area contributed by atoms with Gasteiger partial charge in [-0.2, -0.15) is 0 Å². The Morgan fingerprint density at radius 2 is 1.77 bits per heavy atom. The summed E-state index contributed by atoms with van der Waals surface area (Å²) in [6.45, 7) is 4.74. The van der Waals surface area contributed by atoms with Crippen LogP contribution in [0.1, 0.15) is 44.1 Å². The summed E-state index contributed by atoms with van der Waals surface area (Å²) in [5.74, 6) is 1.12. The summed E-state index contributed by atoms with van der Waals surface area (Å²) < 4.78 is 5.57. The zero-order valence-electron chi connectivity index (χ0n) is 18.0. The van der Waals surface area contributed by atoms with Crippen molar-refractivity contribution in [1.29, 1.82) is 0 Å². The summed E-state index contributed by atoms with van der Waals surface area (Å²) in [5.41, 5.74) is 1.64. The Balaban J connectivity index is 0.00000256. The standard InChI is InChI=1S/C23H34N4O2.HI/c1-24-22(25-18-23(11-5-6-12-23)19-8-3-2-4-9-19)27-15-13-26(14-16-27)21(28)20-10-7-17-29-20;/h2-4,8-9,20H,5-7,10-18H2,1H3,(H,24,25);1H. The number of halogens is 1. The van der Waals surface area contributed by atoms with Crippen molar-refractivity contribution in [1.82, 2.24) is 15.1 Å². The van der Waals surface area contributed by atoms with Crippen molar-refractivity contribution in [3.05, 3.63) is 35.9 Å². The van der Waals surface area contributed by atoms with Gasteiger partial charge in [0.2, 0.25) is 0 Å². The number of nitrogens with one attached hydrogen (secondary N) is 1. The Morgan fingerprint density at radius 3 is 2.37 bits per heavy atom. The Kier molecular flexibility index (Phi) is 8.39. The maximum absolute atomic E-state index is 12.6. The number of rotatable bonds is 4. The molecule has 0 aromatic heterocycles. The van der Waals surface area contributed by atoms with Crippen molar-refractivity contribution in [2.75, 3.05) is 46.4 Å². The van der Waals surface area contributed by atoms with Gasteiger partial charge in [0.05, 0.1) is 0 Å². The van der Waals surface area contributed by atoms with Crippen molar-refractivity contribution in [2.45, 2.75) is 50.0 Å². The molecule has 3 fully saturated rings. The third kappa shape index (κ3) is 5.10. The number of benzene rings is 1. The Morgan fingerprint density at radius 1 is 1.10 bits per heavy atom. The van der Waals surface area contributed by atoms with E-state index in [1.807, 2.05) is 11.9 Å². The highest BCUT2D eigenvalue weighted by Gasteiger charge is 2.36. The van der Waals surface area contributed by atoms with Crippen molar-refractivity contribution >= 4 is 35.8 Å². The third-order valence-corrected chi connectivity index (χ3v) is 6.84. The van der Waals surface area contributed by atoms with E-state index in [0.29, 0.717) is 0 Å². The number of aliphatic imine (C=N–C) groups is 1. The van der Waals surface area contributed by atoms with E-state index in [-0.39, 0.29) is 41.4 Å². The van der Waals surface area contributed by atoms with Gasteiger partial charge >= 0.3 is 0 Å². The van der Waals surface area contributed by atoms with Crippen LogP contribution in [-0.4, -0.2) is 74.1 Å². The van der Waals surface area contributed by atoms with Crippen LogP contribution >= 0.6 is 24.0 Å². The molecule has 2 aliphatic heterocycles. The van der Waals surface area contributed by atoms with Gasteiger partial charge in [0.1, 0.15) is 6.10 Å². The van der Waals surface area contributed by atoms with E-state index in [9.17, 15) is 4.79 Å². The number of hydrogen-bond donors (Lipinski definition) is 1. The molecule has 1 saturated carbocycles. The molecule has 0 spiro atoms. The van der Waals surface area contributed by atoms with Crippen molar-refractivity contribution < 1.29 is 9.53 Å². The fourth-order valence-electron chi connectivity index (χ4n) is 5.11. The first-order valence-electron chi connectivity index (χ1n) is 11.1. The Labute approximate surface area is 197 Å². The van der Waals surface area contributed by atoms with Gasteiger partial charge in [-0.3, -0.25) is 9.79 Å². The number of piperazine rings is 1. The highest BCUT2D eigenvalue weighted by Crippen LogP contribution is 2.40. The SMILES string of the molecule is CN=C(NCC1(c2ccccc2)CCCC1)N1CCN(C(=O)C2CCCO2)CC1.I. The van der Waals surface area contributed by atoms with Crippen LogP contribution < -0.4 is 5.32 Å². The summed E-state index contributed by atoms with van der Waals surface area (Å²) in [6, 6.07) is 10.9. The van der Waals surface area contributed by atoms with E-state index in [1.165, 1.54) is 31.2 Å². The van der Waals surface area contributed by atoms with Crippen molar-refractivity contribution in [3.8, 4) is 0 Å². The Bertz CT molecular complexity index is 707. The predicted octanol–water partition coefficient (Wildman–Crippen LogP) is 3.02. The number of nitrogens with zero attached hydrogens (tertiary/aromatic N) is 3. The molecule has 0 radical (unpaired) electrons. The van der Waals surface area contributed by atoms with E-state index < -0.39 is 0 Å². The Hall–Kier alpha value is -1.35. The molecule has 1 N–H and O–H groups in total. The number of hydrogen-bond acceptors (Lipinski definition) is 3. The molecule has 1 unspecified atom stereocenters. The van der Waals surface area contributed by atoms with Gasteiger partial charge in [-0.1, -0.05) is 43.2 Å². The minimum absolute atomic E-state index is 0. The highest BCUT2D eigenvalue weighted by molar-refractivity contribution is 14.0. The molecule has 1 atom stereocenters. The molecule has 1 aromatic carbocycles. The van der Waals surface area contributed by atoms with E-state index >= 15 is 0 Å². The van der Waals surface area contributed by atoms with Gasteiger partial charge in [0.15, 0.2) is 5.96 Å². The largest absolute Gasteiger partial charge is 0.368 e. The van der Waals surface area contributed by atoms with Gasteiger partial charge in [0.25, 0.3) is 5.91 Å². The average molecular weight is 526 g/mol. The molecule has 4 rings (SSSR count). The number of ether oxygens (including phenoxy) is 1. The molecule has 1 aliphatic carbocycles. The highest BCUT2D eigenvalue weighted by atomic mass is 127.